The van der Waals surface area contributed by atoms with Gasteiger partial charge in [0.15, 0.2) is 5.13 Å². The van der Waals surface area contributed by atoms with Gasteiger partial charge in [-0.15, -0.1) is 0 Å². The molecule has 3 aromatic rings. The molecule has 0 aliphatic carbocycles. The highest BCUT2D eigenvalue weighted by molar-refractivity contribution is 7.17. The summed E-state index contributed by atoms with van der Waals surface area (Å²) >= 11 is 7.41. The van der Waals surface area contributed by atoms with Gasteiger partial charge in [-0.05, 0) is 42.7 Å². The molecular formula is C19H18ClN3O3S. The monoisotopic (exact) mass is 403 g/mol. The summed E-state index contributed by atoms with van der Waals surface area (Å²) in [5.41, 5.74) is 3.40. The minimum absolute atomic E-state index is 0.253. The number of nitrogens with one attached hydrogen (secondary N) is 2. The second-order valence-electron chi connectivity index (χ2n) is 5.82. The molecule has 0 fully saturated rings. The first-order valence-corrected chi connectivity index (χ1v) is 9.41. The minimum Gasteiger partial charge on any atom is -0.332 e. The normalized spacial score (nSPS) is 10.6. The quantitative estimate of drug-likeness (QED) is 0.376. The maximum atomic E-state index is 12.5. The van der Waals surface area contributed by atoms with Crippen molar-refractivity contribution in [1.82, 2.24) is 4.98 Å². The maximum Gasteiger partial charge on any atom is 0.267 e. The Bertz CT molecular complexity index is 908. The zero-order valence-corrected chi connectivity index (χ0v) is 16.1. The lowest BCUT2D eigenvalue weighted by molar-refractivity contribution is -0.241. The fourth-order valence-corrected chi connectivity index (χ4v) is 3.44. The van der Waals surface area contributed by atoms with Gasteiger partial charge < -0.3 is 10.6 Å². The van der Waals surface area contributed by atoms with Crippen LogP contribution in [-0.2, 0) is 11.3 Å². The van der Waals surface area contributed by atoms with E-state index in [1.807, 2.05) is 43.3 Å². The predicted molar refractivity (Wildman–Crippen MR) is 108 cm³/mol. The smallest absolute Gasteiger partial charge is 0.267 e. The highest BCUT2D eigenvalue weighted by Crippen LogP contribution is 2.28. The summed E-state index contributed by atoms with van der Waals surface area (Å²) in [6.07, 6.45) is 2.15. The molecule has 1 aromatic heterocycles. The zero-order valence-electron chi connectivity index (χ0n) is 14.5. The number of aromatic nitrogens is 1. The number of aryl methyl sites for hydroxylation is 1. The first kappa shape index (κ1) is 19.3. The summed E-state index contributed by atoms with van der Waals surface area (Å²) in [4.78, 5) is 21.3. The van der Waals surface area contributed by atoms with Crippen LogP contribution in [0.2, 0.25) is 5.02 Å². The lowest BCUT2D eigenvalue weighted by atomic mass is 10.1. The van der Waals surface area contributed by atoms with Crippen molar-refractivity contribution in [3.05, 3.63) is 69.7 Å². The first-order valence-electron chi connectivity index (χ1n) is 8.21. The molecule has 0 bridgehead atoms. The Morgan fingerprint density at radius 3 is 2.74 bits per heavy atom. The highest BCUT2D eigenvalue weighted by atomic mass is 35.5. The molecule has 27 heavy (non-hydrogen) atoms. The van der Waals surface area contributed by atoms with Crippen LogP contribution in [0.25, 0.3) is 0 Å². The molecule has 6 nitrogen and oxygen atoms in total. The molecular weight excluding hydrogens is 386 g/mol. The van der Waals surface area contributed by atoms with Crippen molar-refractivity contribution in [2.24, 2.45) is 0 Å². The molecule has 3 N–H and O–H groups in total. The van der Waals surface area contributed by atoms with Crippen LogP contribution in [0.15, 0.2) is 48.7 Å². The van der Waals surface area contributed by atoms with Crippen LogP contribution in [0.5, 0.6) is 0 Å². The topological polar surface area (TPSA) is 83.5 Å². The van der Waals surface area contributed by atoms with Gasteiger partial charge >= 0.3 is 0 Å². The minimum atomic E-state index is -0.254. The van der Waals surface area contributed by atoms with Gasteiger partial charge in [0.2, 0.25) is 0 Å². The maximum absolute atomic E-state index is 12.5. The molecule has 0 saturated carbocycles. The van der Waals surface area contributed by atoms with Crippen molar-refractivity contribution in [2.45, 2.75) is 13.3 Å². The number of hydrogen-bond acceptors (Lipinski definition) is 6. The molecule has 0 aliphatic heterocycles. The molecule has 0 unspecified atom stereocenters. The van der Waals surface area contributed by atoms with Crippen LogP contribution >= 0.6 is 22.9 Å². The fraction of sp³-hybridized carbons (Fsp3) is 0.158. The summed E-state index contributed by atoms with van der Waals surface area (Å²) in [5.74, 6) is -0.254. The van der Waals surface area contributed by atoms with Crippen LogP contribution in [0.3, 0.4) is 0 Å². The molecule has 0 spiro atoms. The van der Waals surface area contributed by atoms with Gasteiger partial charge in [-0.3, -0.25) is 10.1 Å². The van der Waals surface area contributed by atoms with Crippen LogP contribution in [-0.4, -0.2) is 22.8 Å². The Labute approximate surface area is 165 Å². The number of nitrogens with zero attached hydrogens (tertiary/aromatic N) is 1. The van der Waals surface area contributed by atoms with Gasteiger partial charge in [0.05, 0.1) is 23.5 Å². The van der Waals surface area contributed by atoms with Gasteiger partial charge in [0.25, 0.3) is 5.91 Å². The van der Waals surface area contributed by atoms with Gasteiger partial charge in [-0.1, -0.05) is 47.2 Å². The standard InChI is InChI=1S/C19H18ClN3O3S/c1-12-3-2-4-15(20)17(12)23-18(24)16-11-21-19(27-16)22-14-7-5-13(6-8-14)9-10-26-25/h2-8,11,25H,9-10H2,1H3,(H,21,22)(H,23,24). The van der Waals surface area contributed by atoms with E-state index in [0.717, 1.165) is 16.8 Å². The van der Waals surface area contributed by atoms with Crippen LogP contribution in [0, 0.1) is 6.92 Å². The van der Waals surface area contributed by atoms with E-state index in [2.05, 4.69) is 20.5 Å². The molecule has 8 heteroatoms. The second-order valence-corrected chi connectivity index (χ2v) is 7.26. The van der Waals surface area contributed by atoms with E-state index >= 15 is 0 Å². The third-order valence-corrected chi connectivity index (χ3v) is 5.10. The average Bonchev–Trinajstić information content (AvgIpc) is 3.13. The lowest BCUT2D eigenvalue weighted by Gasteiger charge is -2.08. The molecule has 0 atom stereocenters. The molecule has 3 rings (SSSR count). The molecule has 140 valence electrons. The van der Waals surface area contributed by atoms with Crippen molar-refractivity contribution >= 4 is 45.4 Å². The summed E-state index contributed by atoms with van der Waals surface area (Å²) in [6.45, 7) is 2.14. The average molecular weight is 404 g/mol. The van der Waals surface area contributed by atoms with Crippen LogP contribution in [0.1, 0.15) is 20.8 Å². The predicted octanol–water partition coefficient (Wildman–Crippen LogP) is 5.13. The number of carbonyl (C=O) groups is 1. The third-order valence-electron chi connectivity index (χ3n) is 3.88. The van der Waals surface area contributed by atoms with Gasteiger partial charge in [-0.2, -0.15) is 0 Å². The van der Waals surface area contributed by atoms with E-state index in [1.54, 1.807) is 6.07 Å². The molecule has 0 saturated heterocycles. The van der Waals surface area contributed by atoms with Crippen LogP contribution in [0.4, 0.5) is 16.5 Å². The van der Waals surface area contributed by atoms with E-state index in [4.69, 9.17) is 16.9 Å². The second kappa shape index (κ2) is 8.96. The Morgan fingerprint density at radius 2 is 2.04 bits per heavy atom. The Hall–Kier alpha value is -2.45. The van der Waals surface area contributed by atoms with Crippen molar-refractivity contribution < 1.29 is 14.9 Å². The van der Waals surface area contributed by atoms with Gasteiger partial charge in [0.1, 0.15) is 4.88 Å². The van der Waals surface area contributed by atoms with Crippen molar-refractivity contribution in [1.29, 1.82) is 0 Å². The van der Waals surface area contributed by atoms with Crippen LogP contribution < -0.4 is 10.6 Å². The molecule has 2 aromatic carbocycles. The number of rotatable bonds is 7. The number of hydrogen-bond donors (Lipinski definition) is 3. The van der Waals surface area contributed by atoms with Crippen molar-refractivity contribution in [3.63, 3.8) is 0 Å². The largest absolute Gasteiger partial charge is 0.332 e. The zero-order chi connectivity index (χ0) is 19.2. The van der Waals surface area contributed by atoms with E-state index < -0.39 is 0 Å². The van der Waals surface area contributed by atoms with Crippen molar-refractivity contribution in [2.75, 3.05) is 17.2 Å². The number of halogens is 1. The van der Waals surface area contributed by atoms with E-state index in [0.29, 0.717) is 27.1 Å². The Kier molecular flexibility index (Phi) is 6.41. The first-order chi connectivity index (χ1) is 13.1. The molecule has 0 aliphatic rings. The third kappa shape index (κ3) is 5.05. The number of carbonyl (C=O) groups excluding carboxylic acids is 1. The molecule has 1 heterocycles. The summed E-state index contributed by atoms with van der Waals surface area (Å²) < 4.78 is 0. The SMILES string of the molecule is Cc1cccc(Cl)c1NC(=O)c1cnc(Nc2ccc(CCOO)cc2)s1. The molecule has 0 radical (unpaired) electrons. The van der Waals surface area contributed by atoms with Gasteiger partial charge in [0, 0.05) is 5.69 Å². The summed E-state index contributed by atoms with van der Waals surface area (Å²) in [7, 11) is 0. The van der Waals surface area contributed by atoms with E-state index in [1.165, 1.54) is 17.5 Å². The van der Waals surface area contributed by atoms with Gasteiger partial charge in [-0.25, -0.2) is 9.87 Å². The fourth-order valence-electron chi connectivity index (χ4n) is 2.44. The lowest BCUT2D eigenvalue weighted by Crippen LogP contribution is -2.11. The number of amides is 1. The number of thiazole rings is 1. The highest BCUT2D eigenvalue weighted by Gasteiger charge is 2.14. The number of para-hydroxylation sites is 1. The Balaban J connectivity index is 1.65. The number of benzene rings is 2. The summed E-state index contributed by atoms with van der Waals surface area (Å²) in [6, 6.07) is 13.1. The molecule has 1 amide bonds. The van der Waals surface area contributed by atoms with E-state index in [-0.39, 0.29) is 12.5 Å². The Morgan fingerprint density at radius 1 is 1.26 bits per heavy atom. The van der Waals surface area contributed by atoms with Crippen molar-refractivity contribution in [3.8, 4) is 0 Å². The summed E-state index contributed by atoms with van der Waals surface area (Å²) in [5, 5.41) is 15.5. The van der Waals surface area contributed by atoms with E-state index in [9.17, 15) is 4.79 Å². The number of anilines is 3.